The molecule has 1 amide bonds. The first-order valence-corrected chi connectivity index (χ1v) is 9.69. The van der Waals surface area contributed by atoms with E-state index in [0.29, 0.717) is 11.0 Å². The van der Waals surface area contributed by atoms with Crippen LogP contribution in [0.15, 0.2) is 51.8 Å². The Morgan fingerprint density at radius 3 is 2.56 bits per heavy atom. The van der Waals surface area contributed by atoms with E-state index in [1.165, 1.54) is 31.4 Å². The minimum absolute atomic E-state index is 0.0694. The minimum Gasteiger partial charge on any atom is -0.495 e. The van der Waals surface area contributed by atoms with Gasteiger partial charge in [0.25, 0.3) is 10.0 Å². The number of amides is 1. The van der Waals surface area contributed by atoms with Crippen molar-refractivity contribution in [3.05, 3.63) is 53.2 Å². The van der Waals surface area contributed by atoms with Crippen molar-refractivity contribution in [2.24, 2.45) is 0 Å². The first-order valence-electron chi connectivity index (χ1n) is 7.83. The summed E-state index contributed by atoms with van der Waals surface area (Å²) in [6, 6.07) is 11.0. The van der Waals surface area contributed by atoms with Gasteiger partial charge in [-0.15, -0.1) is 0 Å². The monoisotopic (exact) mass is 408 g/mol. The fraction of sp³-hybridized carbons (Fsp3) is 0.167. The van der Waals surface area contributed by atoms with Crippen LogP contribution in [0.4, 0.5) is 5.69 Å². The normalized spacial score (nSPS) is 11.4. The number of sulfonamides is 1. The van der Waals surface area contributed by atoms with Crippen molar-refractivity contribution in [3.8, 4) is 5.75 Å². The lowest BCUT2D eigenvalue weighted by molar-refractivity contribution is 0.0956. The number of methoxy groups -OCH3 is 1. The van der Waals surface area contributed by atoms with Crippen LogP contribution in [0.1, 0.15) is 10.6 Å². The summed E-state index contributed by atoms with van der Waals surface area (Å²) in [5.41, 5.74) is 1.36. The molecule has 0 aliphatic carbocycles. The molecule has 0 aliphatic rings. The number of anilines is 1. The van der Waals surface area contributed by atoms with E-state index in [1.54, 1.807) is 12.1 Å². The van der Waals surface area contributed by atoms with Crippen molar-refractivity contribution in [2.75, 3.05) is 26.1 Å². The third-order valence-electron chi connectivity index (χ3n) is 3.89. The maximum Gasteiger partial charge on any atom is 0.300 e. The average molecular weight is 409 g/mol. The van der Waals surface area contributed by atoms with E-state index in [9.17, 15) is 13.2 Å². The van der Waals surface area contributed by atoms with E-state index in [1.807, 2.05) is 29.8 Å². The number of nitrogens with one attached hydrogen (secondary N) is 1. The Morgan fingerprint density at radius 1 is 1.15 bits per heavy atom. The molecule has 1 N–H and O–H groups in total. The summed E-state index contributed by atoms with van der Waals surface area (Å²) in [5.74, 6) is -0.940. The van der Waals surface area contributed by atoms with E-state index in [0.717, 1.165) is 5.69 Å². The Balaban J connectivity index is 1.93. The maximum atomic E-state index is 12.6. The Labute approximate surface area is 161 Å². The second kappa shape index (κ2) is 7.13. The van der Waals surface area contributed by atoms with E-state index in [2.05, 4.69) is 0 Å². The largest absolute Gasteiger partial charge is 0.495 e. The van der Waals surface area contributed by atoms with Gasteiger partial charge >= 0.3 is 5.91 Å². The quantitative estimate of drug-likeness (QED) is 0.696. The van der Waals surface area contributed by atoms with Gasteiger partial charge < -0.3 is 14.1 Å². The summed E-state index contributed by atoms with van der Waals surface area (Å²) in [4.78, 5) is 14.1. The van der Waals surface area contributed by atoms with Gasteiger partial charge in [0.15, 0.2) is 5.76 Å². The molecule has 27 heavy (non-hydrogen) atoms. The molecule has 0 radical (unpaired) electrons. The third kappa shape index (κ3) is 3.86. The third-order valence-corrected chi connectivity index (χ3v) is 5.47. The lowest BCUT2D eigenvalue weighted by Gasteiger charge is -2.11. The summed E-state index contributed by atoms with van der Waals surface area (Å²) < 4.78 is 37.7. The van der Waals surface area contributed by atoms with Gasteiger partial charge in [-0.3, -0.25) is 4.79 Å². The molecule has 0 saturated heterocycles. The Bertz CT molecular complexity index is 1120. The average Bonchev–Trinajstić information content (AvgIpc) is 3.04. The summed E-state index contributed by atoms with van der Waals surface area (Å²) >= 11 is 5.87. The number of carbonyl (C=O) groups is 1. The number of ether oxygens (including phenoxy) is 1. The molecule has 3 rings (SSSR count). The van der Waals surface area contributed by atoms with Crippen LogP contribution in [0.25, 0.3) is 11.0 Å². The molecular formula is C18H17ClN2O5S. The number of rotatable bonds is 5. The molecular weight excluding hydrogens is 392 g/mol. The minimum atomic E-state index is -4.21. The fourth-order valence-electron chi connectivity index (χ4n) is 2.50. The van der Waals surface area contributed by atoms with Gasteiger partial charge in [0, 0.05) is 36.3 Å². The first-order chi connectivity index (χ1) is 12.7. The summed E-state index contributed by atoms with van der Waals surface area (Å²) in [6.45, 7) is 0. The lowest BCUT2D eigenvalue weighted by atomic mass is 10.2. The molecule has 7 nitrogen and oxygen atoms in total. The number of furan rings is 1. The molecule has 0 spiro atoms. The number of carbonyl (C=O) groups excluding carboxylic acids is 1. The molecule has 0 fully saturated rings. The second-order valence-corrected chi connectivity index (χ2v) is 8.04. The second-order valence-electron chi connectivity index (χ2n) is 5.96. The standard InChI is InChI=1S/C18H17ClN2O5S/c1-21(2)13-6-4-11-8-16(26-15(11)10-13)18(22)20-27(23,24)17-9-12(19)5-7-14(17)25-3/h4-10H,1-3H3,(H,20,22). The summed E-state index contributed by atoms with van der Waals surface area (Å²) in [6.07, 6.45) is 0. The summed E-state index contributed by atoms with van der Waals surface area (Å²) in [5, 5.41) is 0.882. The SMILES string of the molecule is COc1ccc(Cl)cc1S(=O)(=O)NC(=O)c1cc2ccc(N(C)C)cc2o1. The van der Waals surface area contributed by atoms with Crippen LogP contribution >= 0.6 is 11.6 Å². The molecule has 1 aromatic heterocycles. The molecule has 2 aromatic carbocycles. The Kier molecular flexibility index (Phi) is 5.03. The van der Waals surface area contributed by atoms with Crippen molar-refractivity contribution in [1.82, 2.24) is 4.72 Å². The zero-order chi connectivity index (χ0) is 19.8. The highest BCUT2D eigenvalue weighted by Gasteiger charge is 2.25. The van der Waals surface area contributed by atoms with Crippen LogP contribution in [-0.4, -0.2) is 35.5 Å². The Hall–Kier alpha value is -2.71. The number of halogens is 1. The van der Waals surface area contributed by atoms with Crippen molar-refractivity contribution < 1.29 is 22.4 Å². The van der Waals surface area contributed by atoms with Gasteiger partial charge in [-0.1, -0.05) is 11.6 Å². The van der Waals surface area contributed by atoms with Crippen molar-refractivity contribution in [2.45, 2.75) is 4.90 Å². The van der Waals surface area contributed by atoms with Crippen LogP contribution in [-0.2, 0) is 10.0 Å². The van der Waals surface area contributed by atoms with Gasteiger partial charge in [0.05, 0.1) is 7.11 Å². The molecule has 0 atom stereocenters. The van der Waals surface area contributed by atoms with Crippen LogP contribution in [0, 0.1) is 0 Å². The number of hydrogen-bond donors (Lipinski definition) is 1. The predicted octanol–water partition coefficient (Wildman–Crippen LogP) is 3.28. The van der Waals surface area contributed by atoms with Crippen molar-refractivity contribution >= 4 is 44.2 Å². The fourth-order valence-corrected chi connectivity index (χ4v) is 3.89. The highest BCUT2D eigenvalue weighted by atomic mass is 35.5. The molecule has 0 bridgehead atoms. The highest BCUT2D eigenvalue weighted by molar-refractivity contribution is 7.90. The van der Waals surface area contributed by atoms with E-state index < -0.39 is 15.9 Å². The zero-order valence-corrected chi connectivity index (χ0v) is 16.4. The van der Waals surface area contributed by atoms with Crippen LogP contribution in [0.2, 0.25) is 5.02 Å². The van der Waals surface area contributed by atoms with Gasteiger partial charge in [-0.25, -0.2) is 13.1 Å². The zero-order valence-electron chi connectivity index (χ0n) is 14.8. The molecule has 0 unspecified atom stereocenters. The van der Waals surface area contributed by atoms with E-state index >= 15 is 0 Å². The number of nitrogens with zero attached hydrogens (tertiary/aromatic N) is 1. The van der Waals surface area contributed by atoms with Crippen molar-refractivity contribution in [1.29, 1.82) is 0 Å². The smallest absolute Gasteiger partial charge is 0.300 e. The summed E-state index contributed by atoms with van der Waals surface area (Å²) in [7, 11) is 0.871. The number of fused-ring (bicyclic) bond motifs is 1. The van der Waals surface area contributed by atoms with Crippen LogP contribution < -0.4 is 14.4 Å². The van der Waals surface area contributed by atoms with E-state index in [4.69, 9.17) is 20.8 Å². The maximum absolute atomic E-state index is 12.6. The molecule has 0 saturated carbocycles. The number of hydrogen-bond acceptors (Lipinski definition) is 6. The predicted molar refractivity (Wildman–Crippen MR) is 103 cm³/mol. The highest BCUT2D eigenvalue weighted by Crippen LogP contribution is 2.28. The molecule has 142 valence electrons. The lowest BCUT2D eigenvalue weighted by Crippen LogP contribution is -2.30. The van der Waals surface area contributed by atoms with E-state index in [-0.39, 0.29) is 21.4 Å². The molecule has 3 aromatic rings. The van der Waals surface area contributed by atoms with Gasteiger partial charge in [-0.2, -0.15) is 0 Å². The van der Waals surface area contributed by atoms with Gasteiger partial charge in [0.2, 0.25) is 0 Å². The topological polar surface area (TPSA) is 88.8 Å². The number of benzene rings is 2. The molecule has 1 heterocycles. The van der Waals surface area contributed by atoms with Crippen molar-refractivity contribution in [3.63, 3.8) is 0 Å². The first kappa shape index (κ1) is 19.1. The Morgan fingerprint density at radius 2 is 1.89 bits per heavy atom. The molecule has 0 aliphatic heterocycles. The van der Waals surface area contributed by atoms with Crippen LogP contribution in [0.5, 0.6) is 5.75 Å². The molecule has 9 heteroatoms. The van der Waals surface area contributed by atoms with Gasteiger partial charge in [0.1, 0.15) is 16.2 Å². The van der Waals surface area contributed by atoms with Crippen LogP contribution in [0.3, 0.4) is 0 Å². The van der Waals surface area contributed by atoms with Gasteiger partial charge in [-0.05, 0) is 36.4 Å².